The van der Waals surface area contributed by atoms with E-state index in [1.165, 1.54) is 0 Å². The van der Waals surface area contributed by atoms with Gasteiger partial charge in [0.25, 0.3) is 0 Å². The van der Waals surface area contributed by atoms with Crippen LogP contribution in [0.15, 0.2) is 24.4 Å². The van der Waals surface area contributed by atoms with Gasteiger partial charge >= 0.3 is 0 Å². The number of hydrogen-bond acceptors (Lipinski definition) is 3. The monoisotopic (exact) mass is 302 g/mol. The number of aldehydes is 1. The van der Waals surface area contributed by atoms with Crippen molar-refractivity contribution < 1.29 is 14.3 Å². The van der Waals surface area contributed by atoms with Gasteiger partial charge in [-0.1, -0.05) is 13.3 Å². The standard InChI is InChI=1S/C17H22N2O3/c1-4-5-8-18(2)17(21)11-19-10-13(12-20)15-9-14(22-3)6-7-16(15)19/h6-7,9-10,12H,4-5,8,11H2,1-3H3. The summed E-state index contributed by atoms with van der Waals surface area (Å²) in [5, 5.41) is 0.804. The van der Waals surface area contributed by atoms with Crippen molar-refractivity contribution in [1.29, 1.82) is 0 Å². The normalized spacial score (nSPS) is 10.7. The molecule has 0 saturated heterocycles. The number of nitrogens with zero attached hydrogens (tertiary/aromatic N) is 2. The van der Waals surface area contributed by atoms with Crippen LogP contribution in [-0.4, -0.2) is 42.4 Å². The first-order valence-corrected chi connectivity index (χ1v) is 7.46. The van der Waals surface area contributed by atoms with E-state index in [1.54, 1.807) is 18.2 Å². The van der Waals surface area contributed by atoms with Crippen LogP contribution in [0.4, 0.5) is 0 Å². The van der Waals surface area contributed by atoms with Crippen LogP contribution >= 0.6 is 0 Å². The molecule has 0 radical (unpaired) electrons. The molecule has 0 saturated carbocycles. The van der Waals surface area contributed by atoms with Crippen LogP contribution in [0.1, 0.15) is 30.1 Å². The third-order valence-corrected chi connectivity index (χ3v) is 3.82. The van der Waals surface area contributed by atoms with Gasteiger partial charge in [-0.25, -0.2) is 0 Å². The number of amides is 1. The Morgan fingerprint density at radius 1 is 1.41 bits per heavy atom. The second-order valence-electron chi connectivity index (χ2n) is 5.38. The summed E-state index contributed by atoms with van der Waals surface area (Å²) in [6, 6.07) is 5.53. The molecule has 118 valence electrons. The van der Waals surface area contributed by atoms with E-state index in [-0.39, 0.29) is 12.5 Å². The summed E-state index contributed by atoms with van der Waals surface area (Å²) in [6.07, 6.45) is 4.58. The molecule has 2 aromatic rings. The lowest BCUT2D eigenvalue weighted by atomic mass is 10.2. The highest BCUT2D eigenvalue weighted by atomic mass is 16.5. The van der Waals surface area contributed by atoms with E-state index in [2.05, 4.69) is 6.92 Å². The second kappa shape index (κ2) is 7.11. The van der Waals surface area contributed by atoms with Crippen molar-refractivity contribution >= 4 is 23.1 Å². The number of ether oxygens (including phenoxy) is 1. The van der Waals surface area contributed by atoms with Crippen molar-refractivity contribution in [2.45, 2.75) is 26.3 Å². The summed E-state index contributed by atoms with van der Waals surface area (Å²) in [7, 11) is 3.40. The van der Waals surface area contributed by atoms with Crippen molar-refractivity contribution in [2.75, 3.05) is 20.7 Å². The summed E-state index contributed by atoms with van der Waals surface area (Å²) >= 11 is 0. The number of hydrogen-bond donors (Lipinski definition) is 0. The van der Waals surface area contributed by atoms with Crippen molar-refractivity contribution in [1.82, 2.24) is 9.47 Å². The van der Waals surface area contributed by atoms with E-state index in [9.17, 15) is 9.59 Å². The van der Waals surface area contributed by atoms with Gasteiger partial charge in [0.15, 0.2) is 6.29 Å². The lowest BCUT2D eigenvalue weighted by Gasteiger charge is -2.17. The molecule has 5 nitrogen and oxygen atoms in total. The van der Waals surface area contributed by atoms with Crippen molar-refractivity contribution in [2.24, 2.45) is 0 Å². The molecule has 0 aliphatic rings. The van der Waals surface area contributed by atoms with Crippen molar-refractivity contribution in [3.63, 3.8) is 0 Å². The molecular formula is C17H22N2O3. The third-order valence-electron chi connectivity index (χ3n) is 3.82. The zero-order valence-electron chi connectivity index (χ0n) is 13.3. The SMILES string of the molecule is CCCCN(C)C(=O)Cn1cc(C=O)c2cc(OC)ccc21. The number of likely N-dealkylation sites (N-methyl/N-ethyl adjacent to an activating group) is 1. The van der Waals surface area contributed by atoms with E-state index in [0.29, 0.717) is 11.3 Å². The summed E-state index contributed by atoms with van der Waals surface area (Å²) in [5.74, 6) is 0.735. The fourth-order valence-electron chi connectivity index (χ4n) is 2.44. The Morgan fingerprint density at radius 2 is 2.18 bits per heavy atom. The fraction of sp³-hybridized carbons (Fsp3) is 0.412. The maximum Gasteiger partial charge on any atom is 0.242 e. The first kappa shape index (κ1) is 16.1. The van der Waals surface area contributed by atoms with Gasteiger partial charge in [-0.15, -0.1) is 0 Å². The number of aromatic nitrogens is 1. The van der Waals surface area contributed by atoms with Crippen LogP contribution in [0.3, 0.4) is 0 Å². The molecule has 1 amide bonds. The Balaban J connectivity index is 2.28. The lowest BCUT2D eigenvalue weighted by molar-refractivity contribution is -0.130. The van der Waals surface area contributed by atoms with Gasteiger partial charge in [0.1, 0.15) is 12.3 Å². The third kappa shape index (κ3) is 3.30. The predicted molar refractivity (Wildman–Crippen MR) is 86.4 cm³/mol. The molecule has 2 rings (SSSR count). The Hall–Kier alpha value is -2.30. The Labute approximate surface area is 130 Å². The Kier molecular flexibility index (Phi) is 5.20. The zero-order chi connectivity index (χ0) is 16.1. The first-order chi connectivity index (χ1) is 10.6. The molecule has 0 aliphatic carbocycles. The number of benzene rings is 1. The van der Waals surface area contributed by atoms with Crippen molar-refractivity contribution in [3.8, 4) is 5.75 Å². The van der Waals surface area contributed by atoms with E-state index in [0.717, 1.165) is 36.6 Å². The molecule has 0 bridgehead atoms. The molecule has 1 aromatic carbocycles. The van der Waals surface area contributed by atoms with E-state index < -0.39 is 0 Å². The molecule has 5 heteroatoms. The zero-order valence-corrected chi connectivity index (χ0v) is 13.3. The number of carbonyl (C=O) groups is 2. The molecule has 0 unspecified atom stereocenters. The van der Waals surface area contributed by atoms with Crippen LogP contribution in [0.2, 0.25) is 0 Å². The minimum atomic E-state index is 0.0404. The largest absolute Gasteiger partial charge is 0.497 e. The Morgan fingerprint density at radius 3 is 2.82 bits per heavy atom. The molecule has 0 N–H and O–H groups in total. The van der Waals surface area contributed by atoms with Crippen molar-refractivity contribution in [3.05, 3.63) is 30.0 Å². The van der Waals surface area contributed by atoms with E-state index in [4.69, 9.17) is 4.74 Å². The average Bonchev–Trinajstić information content (AvgIpc) is 2.89. The molecule has 0 aliphatic heterocycles. The Bertz CT molecular complexity index is 676. The molecule has 0 atom stereocenters. The maximum absolute atomic E-state index is 12.3. The highest BCUT2D eigenvalue weighted by Gasteiger charge is 2.14. The van der Waals surface area contributed by atoms with Crippen LogP contribution in [0.25, 0.3) is 10.9 Å². The van der Waals surface area contributed by atoms with E-state index in [1.807, 2.05) is 29.8 Å². The average molecular weight is 302 g/mol. The predicted octanol–water partition coefficient (Wildman–Crippen LogP) is 2.72. The smallest absolute Gasteiger partial charge is 0.242 e. The molecule has 0 spiro atoms. The highest BCUT2D eigenvalue weighted by molar-refractivity contribution is 5.98. The number of fused-ring (bicyclic) bond motifs is 1. The summed E-state index contributed by atoms with van der Waals surface area (Å²) in [4.78, 5) is 25.3. The lowest BCUT2D eigenvalue weighted by Crippen LogP contribution is -2.30. The first-order valence-electron chi connectivity index (χ1n) is 7.46. The molecule has 1 heterocycles. The summed E-state index contributed by atoms with van der Waals surface area (Å²) in [6.45, 7) is 3.08. The van der Waals surface area contributed by atoms with Gasteiger partial charge in [-0.05, 0) is 24.6 Å². The van der Waals surface area contributed by atoms with Gasteiger partial charge in [0.05, 0.1) is 7.11 Å². The van der Waals surface area contributed by atoms with Gasteiger partial charge in [0.2, 0.25) is 5.91 Å². The maximum atomic E-state index is 12.3. The minimum Gasteiger partial charge on any atom is -0.497 e. The van der Waals surface area contributed by atoms with Gasteiger partial charge in [-0.3, -0.25) is 9.59 Å². The summed E-state index contributed by atoms with van der Waals surface area (Å²) < 4.78 is 7.02. The minimum absolute atomic E-state index is 0.0404. The van der Waals surface area contributed by atoms with Crippen LogP contribution < -0.4 is 4.74 Å². The number of carbonyl (C=O) groups excluding carboxylic acids is 2. The molecular weight excluding hydrogens is 280 g/mol. The number of rotatable bonds is 7. The summed E-state index contributed by atoms with van der Waals surface area (Å²) in [5.41, 5.74) is 1.43. The van der Waals surface area contributed by atoms with E-state index >= 15 is 0 Å². The fourth-order valence-corrected chi connectivity index (χ4v) is 2.44. The molecule has 1 aromatic heterocycles. The van der Waals surface area contributed by atoms with Gasteiger partial charge < -0.3 is 14.2 Å². The van der Waals surface area contributed by atoms with Gasteiger partial charge in [0, 0.05) is 36.3 Å². The second-order valence-corrected chi connectivity index (χ2v) is 5.38. The topological polar surface area (TPSA) is 51.5 Å². The van der Waals surface area contributed by atoms with Crippen LogP contribution in [-0.2, 0) is 11.3 Å². The highest BCUT2D eigenvalue weighted by Crippen LogP contribution is 2.25. The number of unbranched alkanes of at least 4 members (excludes halogenated alkanes) is 1. The molecule has 22 heavy (non-hydrogen) atoms. The number of methoxy groups -OCH3 is 1. The quantitative estimate of drug-likeness (QED) is 0.739. The van der Waals surface area contributed by atoms with Gasteiger partial charge in [-0.2, -0.15) is 0 Å². The molecule has 0 fully saturated rings. The van der Waals surface area contributed by atoms with Crippen LogP contribution in [0.5, 0.6) is 5.75 Å². The van der Waals surface area contributed by atoms with Crippen LogP contribution in [0, 0.1) is 0 Å².